The molecule has 1 saturated heterocycles. The maximum absolute atomic E-state index is 13.8. The third-order valence-corrected chi connectivity index (χ3v) is 6.85. The predicted octanol–water partition coefficient (Wildman–Crippen LogP) is 5.07. The molecule has 2 aliphatic heterocycles. The zero-order valence-corrected chi connectivity index (χ0v) is 17.8. The first kappa shape index (κ1) is 20.0. The number of hydrogen-bond acceptors (Lipinski definition) is 2. The molecule has 29 heavy (non-hydrogen) atoms. The van der Waals surface area contributed by atoms with Gasteiger partial charge < -0.3 is 10.6 Å². The van der Waals surface area contributed by atoms with Crippen molar-refractivity contribution < 1.29 is 9.59 Å². The van der Waals surface area contributed by atoms with E-state index in [4.69, 9.17) is 23.2 Å². The average Bonchev–Trinajstić information content (AvgIpc) is 2.89. The fourth-order valence-electron chi connectivity index (χ4n) is 4.92. The van der Waals surface area contributed by atoms with E-state index in [1.807, 2.05) is 50.3 Å². The van der Waals surface area contributed by atoms with E-state index >= 15 is 0 Å². The molecule has 0 bridgehead atoms. The monoisotopic (exact) mass is 428 g/mol. The second-order valence-corrected chi connectivity index (χ2v) is 8.53. The van der Waals surface area contributed by atoms with Gasteiger partial charge in [0.2, 0.25) is 11.8 Å². The molecule has 1 fully saturated rings. The van der Waals surface area contributed by atoms with Crippen molar-refractivity contribution in [2.75, 3.05) is 11.9 Å². The Morgan fingerprint density at radius 2 is 1.93 bits per heavy atom. The van der Waals surface area contributed by atoms with Crippen LogP contribution in [0.2, 0.25) is 10.0 Å². The Balaban J connectivity index is 2.08. The van der Waals surface area contributed by atoms with Crippen molar-refractivity contribution in [3.05, 3.63) is 75.3 Å². The highest BCUT2D eigenvalue weighted by Gasteiger charge is 2.60. The zero-order valence-electron chi connectivity index (χ0n) is 16.3. The quantitative estimate of drug-likeness (QED) is 0.655. The molecule has 6 heteroatoms. The molecule has 150 valence electrons. The molecule has 0 aliphatic carbocycles. The number of fused-ring (bicyclic) bond motifs is 2. The van der Waals surface area contributed by atoms with Gasteiger partial charge in [0.05, 0.1) is 5.41 Å². The highest BCUT2D eigenvalue weighted by atomic mass is 35.5. The van der Waals surface area contributed by atoms with Crippen LogP contribution in [0.25, 0.3) is 0 Å². The molecular formula is C23H22Cl2N2O2. The van der Waals surface area contributed by atoms with Crippen molar-refractivity contribution in [2.45, 2.75) is 31.6 Å². The van der Waals surface area contributed by atoms with E-state index < -0.39 is 11.3 Å². The lowest BCUT2D eigenvalue weighted by Gasteiger charge is -2.41. The summed E-state index contributed by atoms with van der Waals surface area (Å²) in [6.07, 6.45) is 2.17. The van der Waals surface area contributed by atoms with E-state index in [0.717, 1.165) is 16.7 Å². The van der Waals surface area contributed by atoms with Crippen molar-refractivity contribution >= 4 is 40.7 Å². The van der Waals surface area contributed by atoms with Crippen LogP contribution in [-0.2, 0) is 15.0 Å². The first-order chi connectivity index (χ1) is 13.9. The third-order valence-electron chi connectivity index (χ3n) is 6.30. The summed E-state index contributed by atoms with van der Waals surface area (Å²) in [5, 5.41) is 7.15. The van der Waals surface area contributed by atoms with Crippen LogP contribution in [-0.4, -0.2) is 18.4 Å². The molecule has 0 unspecified atom stereocenters. The fourth-order valence-corrected chi connectivity index (χ4v) is 5.45. The van der Waals surface area contributed by atoms with Gasteiger partial charge in [-0.25, -0.2) is 0 Å². The van der Waals surface area contributed by atoms with Crippen molar-refractivity contribution in [2.24, 2.45) is 5.92 Å². The lowest BCUT2D eigenvalue weighted by molar-refractivity contribution is -0.123. The highest BCUT2D eigenvalue weighted by Crippen LogP contribution is 2.57. The van der Waals surface area contributed by atoms with E-state index in [1.54, 1.807) is 12.1 Å². The van der Waals surface area contributed by atoms with Crippen LogP contribution in [0.15, 0.2) is 54.1 Å². The number of allylic oxidation sites excluding steroid dienone is 1. The minimum atomic E-state index is -1.02. The molecule has 4 rings (SSSR count). The van der Waals surface area contributed by atoms with Crippen LogP contribution in [0.3, 0.4) is 0 Å². The Morgan fingerprint density at radius 1 is 1.17 bits per heavy atom. The van der Waals surface area contributed by atoms with Gasteiger partial charge in [0, 0.05) is 46.1 Å². The molecule has 0 aromatic heterocycles. The van der Waals surface area contributed by atoms with Crippen molar-refractivity contribution in [3.8, 4) is 0 Å². The molecule has 0 saturated carbocycles. The number of hydrogen-bond donors (Lipinski definition) is 2. The van der Waals surface area contributed by atoms with Crippen molar-refractivity contribution in [1.29, 1.82) is 0 Å². The number of benzene rings is 2. The maximum Gasteiger partial charge on any atom is 0.236 e. The third kappa shape index (κ3) is 3.06. The summed E-state index contributed by atoms with van der Waals surface area (Å²) in [7, 11) is 0. The largest absolute Gasteiger partial charge is 0.355 e. The van der Waals surface area contributed by atoms with Gasteiger partial charge in [-0.1, -0.05) is 53.1 Å². The molecule has 4 nitrogen and oxygen atoms in total. The lowest BCUT2D eigenvalue weighted by atomic mass is 9.59. The molecule has 2 amide bonds. The zero-order chi connectivity index (χ0) is 20.8. The second-order valence-electron chi connectivity index (χ2n) is 7.69. The first-order valence-electron chi connectivity index (χ1n) is 9.65. The topological polar surface area (TPSA) is 58.2 Å². The number of rotatable bonds is 2. The summed E-state index contributed by atoms with van der Waals surface area (Å²) in [5.41, 5.74) is 2.33. The van der Waals surface area contributed by atoms with E-state index in [0.29, 0.717) is 22.3 Å². The van der Waals surface area contributed by atoms with Crippen LogP contribution < -0.4 is 10.6 Å². The summed E-state index contributed by atoms with van der Waals surface area (Å²) < 4.78 is 0. The molecule has 2 aliphatic rings. The summed E-state index contributed by atoms with van der Waals surface area (Å²) in [4.78, 5) is 26.5. The smallest absolute Gasteiger partial charge is 0.236 e. The number of anilines is 1. The second kappa shape index (κ2) is 7.51. The minimum absolute atomic E-state index is 0.0888. The first-order valence-corrected chi connectivity index (χ1v) is 10.4. The molecule has 2 aromatic carbocycles. The summed E-state index contributed by atoms with van der Waals surface area (Å²) in [5.74, 6) is -0.879. The van der Waals surface area contributed by atoms with Crippen LogP contribution in [0.1, 0.15) is 37.3 Å². The average molecular weight is 429 g/mol. The van der Waals surface area contributed by atoms with Gasteiger partial charge >= 0.3 is 0 Å². The van der Waals surface area contributed by atoms with Gasteiger partial charge in [-0.3, -0.25) is 9.59 Å². The number of carbonyl (C=O) groups is 2. The van der Waals surface area contributed by atoms with Gasteiger partial charge in [0.25, 0.3) is 0 Å². The molecule has 3 atom stereocenters. The Hall–Kier alpha value is -2.30. The molecule has 2 N–H and O–H groups in total. The Kier molecular flexibility index (Phi) is 5.18. The summed E-state index contributed by atoms with van der Waals surface area (Å²) in [6, 6.07) is 12.9. The normalized spacial score (nSPS) is 26.7. The van der Waals surface area contributed by atoms with Gasteiger partial charge in [0.1, 0.15) is 0 Å². The van der Waals surface area contributed by atoms with Crippen LogP contribution in [0, 0.1) is 5.92 Å². The molecule has 2 aromatic rings. The van der Waals surface area contributed by atoms with Gasteiger partial charge in [-0.15, -0.1) is 0 Å². The molecule has 0 radical (unpaired) electrons. The maximum atomic E-state index is 13.8. The van der Waals surface area contributed by atoms with Gasteiger partial charge in [-0.2, -0.15) is 0 Å². The predicted molar refractivity (Wildman–Crippen MR) is 117 cm³/mol. The Morgan fingerprint density at radius 3 is 2.66 bits per heavy atom. The fraction of sp³-hybridized carbons (Fsp3) is 0.304. The minimum Gasteiger partial charge on any atom is -0.355 e. The van der Waals surface area contributed by atoms with E-state index in [-0.39, 0.29) is 24.2 Å². The van der Waals surface area contributed by atoms with E-state index in [9.17, 15) is 9.59 Å². The molecule has 2 heterocycles. The number of amides is 2. The standard InChI is InChI=1S/C23H22Cl2N2O2/c1-3-13(2)17-12-26-20(28)11-16(14-6-4-7-15(24)10-14)23(17)21-18(25)8-5-9-19(21)27-22(23)29/h3-10,16-17H,11-12H2,1-2H3,(H,26,28)(H,27,29)/b13-3-/t16-,17+,23-/m0/s1. The molecule has 1 spiro atoms. The lowest BCUT2D eigenvalue weighted by Crippen LogP contribution is -2.48. The van der Waals surface area contributed by atoms with Gasteiger partial charge in [0.15, 0.2) is 0 Å². The molecular weight excluding hydrogens is 407 g/mol. The number of carbonyl (C=O) groups excluding carboxylic acids is 2. The van der Waals surface area contributed by atoms with E-state index in [1.165, 1.54) is 0 Å². The Bertz CT molecular complexity index is 1030. The van der Waals surface area contributed by atoms with Gasteiger partial charge in [-0.05, 0) is 43.7 Å². The van der Waals surface area contributed by atoms with Crippen LogP contribution >= 0.6 is 23.2 Å². The summed E-state index contributed by atoms with van der Waals surface area (Å²) in [6.45, 7) is 4.32. The van der Waals surface area contributed by atoms with E-state index in [2.05, 4.69) is 10.6 Å². The van der Waals surface area contributed by atoms with Crippen molar-refractivity contribution in [1.82, 2.24) is 5.32 Å². The van der Waals surface area contributed by atoms with Crippen LogP contribution in [0.4, 0.5) is 5.69 Å². The van der Waals surface area contributed by atoms with Crippen molar-refractivity contribution in [3.63, 3.8) is 0 Å². The highest BCUT2D eigenvalue weighted by molar-refractivity contribution is 6.33. The number of halogens is 2. The Labute approximate surface area is 180 Å². The SMILES string of the molecule is C/C=C(/C)[C@H]1CNC(=O)C[C@@H](c2cccc(Cl)c2)[C@]12C(=O)Nc1cccc(Cl)c12. The number of nitrogens with one attached hydrogen (secondary N) is 2. The van der Waals surface area contributed by atoms with Crippen LogP contribution in [0.5, 0.6) is 0 Å². The summed E-state index contributed by atoms with van der Waals surface area (Å²) >= 11 is 13.0.